The predicted octanol–water partition coefficient (Wildman–Crippen LogP) is 4.71. The van der Waals surface area contributed by atoms with Crippen molar-refractivity contribution in [2.24, 2.45) is 12.0 Å². The Morgan fingerprint density at radius 2 is 2.09 bits per heavy atom. The van der Waals surface area contributed by atoms with Crippen molar-refractivity contribution in [3.05, 3.63) is 61.8 Å². The number of rotatable bonds is 1. The van der Waals surface area contributed by atoms with Crippen molar-refractivity contribution in [2.75, 3.05) is 0 Å². The fourth-order valence-electron chi connectivity index (χ4n) is 2.29. The number of halogens is 2. The Morgan fingerprint density at radius 1 is 1.32 bits per heavy atom. The first-order valence-electron chi connectivity index (χ1n) is 6.56. The van der Waals surface area contributed by atoms with E-state index >= 15 is 0 Å². The van der Waals surface area contributed by atoms with Crippen molar-refractivity contribution in [1.82, 2.24) is 4.57 Å². The van der Waals surface area contributed by atoms with Crippen LogP contribution in [-0.4, -0.2) is 10.5 Å². The monoisotopic (exact) mass is 394 g/mol. The molecule has 0 N–H and O–H groups in total. The molecule has 1 heterocycles. The first kappa shape index (κ1) is 15.5. The molecule has 1 amide bonds. The molecule has 0 aliphatic rings. The molecule has 0 bridgehead atoms. The van der Waals surface area contributed by atoms with Gasteiger partial charge in [0.25, 0.3) is 5.91 Å². The molecule has 1 aromatic heterocycles. The number of amides is 1. The topological polar surface area (TPSA) is 34.4 Å². The number of nitrogens with zero attached hydrogens (tertiary/aromatic N) is 2. The lowest BCUT2D eigenvalue weighted by Crippen LogP contribution is -2.13. The van der Waals surface area contributed by atoms with Gasteiger partial charge in [-0.2, -0.15) is 4.99 Å². The lowest BCUT2D eigenvalue weighted by atomic mass is 10.2. The maximum Gasteiger partial charge on any atom is 0.279 e. The second-order valence-corrected chi connectivity index (χ2v) is 7.21. The molecular formula is C16H12BrClN2OS. The van der Waals surface area contributed by atoms with E-state index in [0.717, 1.165) is 20.3 Å². The second-order valence-electron chi connectivity index (χ2n) is 4.91. The SMILES string of the molecule is Cc1ccc(Cl)c2sc(=NC(=O)c3cccc(Br)c3)n(C)c12. The number of thiazole rings is 1. The summed E-state index contributed by atoms with van der Waals surface area (Å²) in [5.41, 5.74) is 2.67. The molecule has 0 aliphatic carbocycles. The molecule has 0 saturated carbocycles. The summed E-state index contributed by atoms with van der Waals surface area (Å²) in [7, 11) is 1.90. The van der Waals surface area contributed by atoms with Gasteiger partial charge in [-0.1, -0.05) is 51.0 Å². The van der Waals surface area contributed by atoms with E-state index in [1.165, 1.54) is 11.3 Å². The average Bonchev–Trinajstić information content (AvgIpc) is 2.81. The van der Waals surface area contributed by atoms with Gasteiger partial charge >= 0.3 is 0 Å². The molecule has 6 heteroatoms. The van der Waals surface area contributed by atoms with E-state index in [0.29, 0.717) is 15.4 Å². The van der Waals surface area contributed by atoms with Crippen LogP contribution in [0.4, 0.5) is 0 Å². The number of carbonyl (C=O) groups excluding carboxylic acids is 1. The zero-order valence-corrected chi connectivity index (χ0v) is 15.1. The predicted molar refractivity (Wildman–Crippen MR) is 94.6 cm³/mol. The molecule has 0 radical (unpaired) electrons. The molecule has 22 heavy (non-hydrogen) atoms. The Hall–Kier alpha value is -1.43. The molecule has 0 aliphatic heterocycles. The maximum atomic E-state index is 12.3. The summed E-state index contributed by atoms with van der Waals surface area (Å²) in [5.74, 6) is -0.266. The van der Waals surface area contributed by atoms with Crippen LogP contribution in [0.2, 0.25) is 5.02 Å². The van der Waals surface area contributed by atoms with Gasteiger partial charge in [0.2, 0.25) is 0 Å². The van der Waals surface area contributed by atoms with Crippen molar-refractivity contribution in [3.63, 3.8) is 0 Å². The third-order valence-corrected chi connectivity index (χ3v) is 5.46. The fourth-order valence-corrected chi connectivity index (χ4v) is 4.05. The summed E-state index contributed by atoms with van der Waals surface area (Å²) >= 11 is 11.0. The van der Waals surface area contributed by atoms with Crippen LogP contribution in [0.25, 0.3) is 10.2 Å². The molecule has 3 rings (SSSR count). The van der Waals surface area contributed by atoms with E-state index in [1.54, 1.807) is 12.1 Å². The zero-order valence-electron chi connectivity index (χ0n) is 11.9. The summed E-state index contributed by atoms with van der Waals surface area (Å²) in [6, 6.07) is 11.0. The van der Waals surface area contributed by atoms with E-state index in [4.69, 9.17) is 11.6 Å². The molecule has 3 aromatic rings. The number of aryl methyl sites for hydroxylation is 2. The zero-order chi connectivity index (χ0) is 15.9. The van der Waals surface area contributed by atoms with Gasteiger partial charge in [-0.15, -0.1) is 0 Å². The van der Waals surface area contributed by atoms with Gasteiger partial charge < -0.3 is 4.57 Å². The van der Waals surface area contributed by atoms with Crippen molar-refractivity contribution in [1.29, 1.82) is 0 Å². The fraction of sp³-hybridized carbons (Fsp3) is 0.125. The van der Waals surface area contributed by atoms with Gasteiger partial charge in [0, 0.05) is 17.1 Å². The van der Waals surface area contributed by atoms with Crippen molar-refractivity contribution in [2.45, 2.75) is 6.92 Å². The van der Waals surface area contributed by atoms with E-state index in [2.05, 4.69) is 20.9 Å². The number of carbonyl (C=O) groups is 1. The van der Waals surface area contributed by atoms with E-state index in [-0.39, 0.29) is 5.91 Å². The van der Waals surface area contributed by atoms with Crippen LogP contribution in [0, 0.1) is 6.92 Å². The lowest BCUT2D eigenvalue weighted by Gasteiger charge is -2.01. The van der Waals surface area contributed by atoms with Crippen molar-refractivity contribution >= 4 is 55.0 Å². The number of hydrogen-bond donors (Lipinski definition) is 0. The molecule has 0 spiro atoms. The second kappa shape index (κ2) is 5.99. The number of benzene rings is 2. The average molecular weight is 396 g/mol. The molecular weight excluding hydrogens is 384 g/mol. The Balaban J connectivity index is 2.18. The Labute approximate surface area is 145 Å². The van der Waals surface area contributed by atoms with Crippen LogP contribution >= 0.6 is 38.9 Å². The molecule has 0 atom stereocenters. The van der Waals surface area contributed by atoms with Crippen molar-refractivity contribution in [3.8, 4) is 0 Å². The minimum absolute atomic E-state index is 0.266. The number of aromatic nitrogens is 1. The molecule has 2 aromatic carbocycles. The maximum absolute atomic E-state index is 12.3. The van der Waals surface area contributed by atoms with Crippen molar-refractivity contribution < 1.29 is 4.79 Å². The van der Waals surface area contributed by atoms with Gasteiger partial charge in [-0.3, -0.25) is 4.79 Å². The van der Waals surface area contributed by atoms with Crippen LogP contribution in [0.1, 0.15) is 15.9 Å². The molecule has 0 fully saturated rings. The minimum Gasteiger partial charge on any atom is -0.319 e. The van der Waals surface area contributed by atoms with Gasteiger partial charge in [-0.25, -0.2) is 0 Å². The highest BCUT2D eigenvalue weighted by atomic mass is 79.9. The molecule has 112 valence electrons. The Morgan fingerprint density at radius 3 is 2.77 bits per heavy atom. The number of hydrogen-bond acceptors (Lipinski definition) is 2. The number of fused-ring (bicyclic) bond motifs is 1. The molecule has 0 unspecified atom stereocenters. The normalized spacial score (nSPS) is 12.1. The first-order chi connectivity index (χ1) is 10.5. The summed E-state index contributed by atoms with van der Waals surface area (Å²) in [6.07, 6.45) is 0. The Kier molecular flexibility index (Phi) is 4.21. The van der Waals surface area contributed by atoms with E-state index in [1.807, 2.05) is 42.8 Å². The Bertz CT molecular complexity index is 958. The lowest BCUT2D eigenvalue weighted by molar-refractivity contribution is 0.0998. The quantitative estimate of drug-likeness (QED) is 0.588. The van der Waals surface area contributed by atoms with Crippen LogP contribution in [-0.2, 0) is 7.05 Å². The van der Waals surface area contributed by atoms with Gasteiger partial charge in [0.15, 0.2) is 4.80 Å². The standard InChI is InChI=1S/C16H12BrClN2OS/c1-9-6-7-12(18)14-13(9)20(2)16(22-14)19-15(21)10-4-3-5-11(17)8-10/h3-8H,1-2H3. The highest BCUT2D eigenvalue weighted by Crippen LogP contribution is 2.28. The third kappa shape index (κ3) is 2.76. The molecule has 3 nitrogen and oxygen atoms in total. The van der Waals surface area contributed by atoms with Crippen LogP contribution in [0.15, 0.2) is 45.9 Å². The van der Waals surface area contributed by atoms with Crippen LogP contribution in [0.3, 0.4) is 0 Å². The smallest absolute Gasteiger partial charge is 0.279 e. The highest BCUT2D eigenvalue weighted by Gasteiger charge is 2.11. The van der Waals surface area contributed by atoms with Gasteiger partial charge in [0.1, 0.15) is 0 Å². The van der Waals surface area contributed by atoms with Gasteiger partial charge in [0.05, 0.1) is 15.2 Å². The summed E-state index contributed by atoms with van der Waals surface area (Å²) in [5, 5.41) is 0.678. The molecule has 0 saturated heterocycles. The summed E-state index contributed by atoms with van der Waals surface area (Å²) in [4.78, 5) is 17.2. The third-order valence-electron chi connectivity index (χ3n) is 3.37. The van der Waals surface area contributed by atoms with E-state index in [9.17, 15) is 4.79 Å². The first-order valence-corrected chi connectivity index (χ1v) is 8.55. The van der Waals surface area contributed by atoms with Crippen LogP contribution in [0.5, 0.6) is 0 Å². The largest absolute Gasteiger partial charge is 0.319 e. The summed E-state index contributed by atoms with van der Waals surface area (Å²) < 4.78 is 3.72. The highest BCUT2D eigenvalue weighted by molar-refractivity contribution is 9.10. The minimum atomic E-state index is -0.266. The van der Waals surface area contributed by atoms with E-state index < -0.39 is 0 Å². The summed E-state index contributed by atoms with van der Waals surface area (Å²) in [6.45, 7) is 2.02. The van der Waals surface area contributed by atoms with Crippen LogP contribution < -0.4 is 4.80 Å². The van der Waals surface area contributed by atoms with Gasteiger partial charge in [-0.05, 0) is 36.8 Å².